The molecule has 0 saturated heterocycles. The van der Waals surface area contributed by atoms with Crippen molar-refractivity contribution in [2.75, 3.05) is 14.2 Å². The lowest BCUT2D eigenvalue weighted by Gasteiger charge is -2.07. The van der Waals surface area contributed by atoms with Crippen molar-refractivity contribution in [3.63, 3.8) is 0 Å². The number of aryl methyl sites for hydroxylation is 4. The summed E-state index contributed by atoms with van der Waals surface area (Å²) in [5, 5.41) is 0. The van der Waals surface area contributed by atoms with E-state index in [1.54, 1.807) is 0 Å². The molecule has 44 heavy (non-hydrogen) atoms. The number of carbonyl (C=O) groups is 2. The zero-order chi connectivity index (χ0) is 31.7. The molecule has 8 bridgehead atoms. The summed E-state index contributed by atoms with van der Waals surface area (Å²) in [6.45, 7) is 12.9. The van der Waals surface area contributed by atoms with Crippen LogP contribution >= 0.6 is 0 Å². The number of rotatable bonds is 8. The van der Waals surface area contributed by atoms with Crippen LogP contribution in [0, 0.1) is 13.8 Å². The van der Waals surface area contributed by atoms with Crippen LogP contribution in [-0.4, -0.2) is 46.1 Å². The van der Waals surface area contributed by atoms with Crippen molar-refractivity contribution >= 4 is 56.3 Å². The largest absolute Gasteiger partial charge is 0.469 e. The highest BCUT2D eigenvalue weighted by atomic mass is 16.5. The number of esters is 2. The number of nitrogens with one attached hydrogen (secondary N) is 2. The third kappa shape index (κ3) is 5.61. The summed E-state index contributed by atoms with van der Waals surface area (Å²) in [4.78, 5) is 42.5. The summed E-state index contributed by atoms with van der Waals surface area (Å²) in [6, 6.07) is 8.38. The van der Waals surface area contributed by atoms with Crippen molar-refractivity contribution in [3.05, 3.63) is 69.3 Å². The van der Waals surface area contributed by atoms with Gasteiger partial charge < -0.3 is 19.4 Å². The fourth-order valence-electron chi connectivity index (χ4n) is 6.52. The molecular weight excluding hydrogens is 552 g/mol. The monoisotopic (exact) mass is 594 g/mol. The highest BCUT2D eigenvalue weighted by Gasteiger charge is 2.25. The number of hydrogen-bond acceptors (Lipinski definition) is 6. The van der Waals surface area contributed by atoms with Gasteiger partial charge in [0, 0.05) is 28.5 Å². The van der Waals surface area contributed by atoms with Crippen LogP contribution in [-0.2, 0) is 31.9 Å². The third-order valence-electron chi connectivity index (χ3n) is 9.05. The van der Waals surface area contributed by atoms with Gasteiger partial charge in [0.1, 0.15) is 0 Å². The van der Waals surface area contributed by atoms with Crippen LogP contribution in [0.4, 0.5) is 0 Å². The zero-order valence-electron chi connectivity index (χ0n) is 27.1. The standard InChI is InChI=1S/C36H42N4O4/c1-9-22-19(4)27-15-28-20(5)23(10-2)31(38-28)17-33-25(12-13-35(41)43-7)26(14-36(42)44-8)34(40-33)18-32-24(11-3)21(6)29(39-32)16-30(22)37-27/h15-18,38-39H,9-14H2,1-8H3. The first kappa shape index (κ1) is 31.0. The van der Waals surface area contributed by atoms with Gasteiger partial charge >= 0.3 is 11.9 Å². The summed E-state index contributed by atoms with van der Waals surface area (Å²) < 4.78 is 10.1. The molecule has 0 saturated carbocycles. The molecule has 0 fully saturated rings. The number of fused-ring (bicyclic) bond motifs is 8. The topological polar surface area (TPSA) is 110 Å². The van der Waals surface area contributed by atoms with Crippen molar-refractivity contribution in [2.24, 2.45) is 0 Å². The SMILES string of the molecule is CCC1=C(C)c2cc3[nH]c(cc4nc(cc5[nH]c(cc1n2)c(C)c5CC)C(CC(=O)OC)=C4CCC(=O)OC)c(CC)c3C. The second kappa shape index (κ2) is 12.6. The minimum absolute atomic E-state index is 0.0439. The van der Waals surface area contributed by atoms with Gasteiger partial charge in [-0.2, -0.15) is 0 Å². The lowest BCUT2D eigenvalue weighted by atomic mass is 9.97. The van der Waals surface area contributed by atoms with Gasteiger partial charge in [0.25, 0.3) is 0 Å². The number of allylic oxidation sites excluding steroid dienone is 3. The van der Waals surface area contributed by atoms with Gasteiger partial charge in [-0.25, -0.2) is 9.97 Å². The van der Waals surface area contributed by atoms with Crippen LogP contribution in [0.1, 0.15) is 98.4 Å². The minimum Gasteiger partial charge on any atom is -0.469 e. The average Bonchev–Trinajstić information content (AvgIpc) is 3.68. The number of hydrogen-bond donors (Lipinski definition) is 2. The molecule has 0 atom stereocenters. The normalized spacial score (nSPS) is 13.1. The molecule has 5 heterocycles. The lowest BCUT2D eigenvalue weighted by molar-refractivity contribution is -0.140. The van der Waals surface area contributed by atoms with Gasteiger partial charge in [-0.1, -0.05) is 20.8 Å². The molecule has 5 rings (SSSR count). The Kier molecular flexibility index (Phi) is 8.90. The molecule has 8 heteroatoms. The smallest absolute Gasteiger partial charge is 0.310 e. The average molecular weight is 595 g/mol. The Balaban J connectivity index is 1.95. The molecule has 0 aliphatic carbocycles. The van der Waals surface area contributed by atoms with Crippen molar-refractivity contribution in [1.29, 1.82) is 0 Å². The van der Waals surface area contributed by atoms with Gasteiger partial charge in [0.15, 0.2) is 0 Å². The van der Waals surface area contributed by atoms with E-state index in [0.717, 1.165) is 80.7 Å². The molecule has 0 spiro atoms. The molecule has 3 aromatic heterocycles. The third-order valence-corrected chi connectivity index (χ3v) is 9.05. The first-order chi connectivity index (χ1) is 21.1. The molecule has 0 aromatic carbocycles. The second-order valence-electron chi connectivity index (χ2n) is 11.4. The maximum atomic E-state index is 12.7. The molecule has 3 aromatic rings. The number of carbonyl (C=O) groups excluding carboxylic acids is 2. The van der Waals surface area contributed by atoms with E-state index in [1.165, 1.54) is 36.5 Å². The van der Waals surface area contributed by atoms with Gasteiger partial charge in [0.2, 0.25) is 0 Å². The number of aromatic amines is 2. The lowest BCUT2D eigenvalue weighted by Crippen LogP contribution is -2.03. The van der Waals surface area contributed by atoms with Gasteiger partial charge in [-0.3, -0.25) is 9.59 Å². The van der Waals surface area contributed by atoms with Gasteiger partial charge in [0.05, 0.1) is 43.4 Å². The Bertz CT molecular complexity index is 1890. The molecule has 230 valence electrons. The van der Waals surface area contributed by atoms with Gasteiger partial charge in [-0.05, 0) is 115 Å². The van der Waals surface area contributed by atoms with E-state index in [2.05, 4.69) is 63.6 Å². The Hall–Kier alpha value is -4.46. The summed E-state index contributed by atoms with van der Waals surface area (Å²) in [6.07, 6.45) is 3.12. The highest BCUT2D eigenvalue weighted by molar-refractivity contribution is 6.00. The Morgan fingerprint density at radius 3 is 1.64 bits per heavy atom. The van der Waals surface area contributed by atoms with E-state index >= 15 is 0 Å². The first-order valence-corrected chi connectivity index (χ1v) is 15.4. The predicted molar refractivity (Wildman–Crippen MR) is 177 cm³/mol. The number of ether oxygens (including phenoxy) is 2. The van der Waals surface area contributed by atoms with E-state index in [-0.39, 0.29) is 24.8 Å². The summed E-state index contributed by atoms with van der Waals surface area (Å²) >= 11 is 0. The predicted octanol–water partition coefficient (Wildman–Crippen LogP) is 7.82. The molecule has 2 aliphatic heterocycles. The minimum atomic E-state index is -0.363. The Morgan fingerprint density at radius 2 is 1.11 bits per heavy atom. The zero-order valence-corrected chi connectivity index (χ0v) is 27.1. The van der Waals surface area contributed by atoms with E-state index in [9.17, 15) is 9.59 Å². The molecule has 2 aliphatic rings. The summed E-state index contributed by atoms with van der Waals surface area (Å²) in [7, 11) is 2.77. The molecule has 0 radical (unpaired) electrons. The maximum Gasteiger partial charge on any atom is 0.310 e. The van der Waals surface area contributed by atoms with Crippen molar-refractivity contribution < 1.29 is 19.1 Å². The van der Waals surface area contributed by atoms with E-state index < -0.39 is 0 Å². The number of nitrogens with zero attached hydrogens (tertiary/aromatic N) is 2. The molecule has 8 nitrogen and oxygen atoms in total. The Morgan fingerprint density at radius 1 is 0.636 bits per heavy atom. The number of aromatic nitrogens is 4. The number of H-pyrrole nitrogens is 2. The van der Waals surface area contributed by atoms with Crippen LogP contribution in [0.15, 0.2) is 24.3 Å². The van der Waals surface area contributed by atoms with E-state index in [0.29, 0.717) is 12.1 Å². The fourth-order valence-corrected chi connectivity index (χ4v) is 6.52. The second-order valence-corrected chi connectivity index (χ2v) is 11.4. The van der Waals surface area contributed by atoms with Crippen LogP contribution in [0.3, 0.4) is 0 Å². The fraction of sp³-hybridized carbons (Fsp3) is 0.389. The summed E-state index contributed by atoms with van der Waals surface area (Å²) in [5.74, 6) is -0.679. The highest BCUT2D eigenvalue weighted by Crippen LogP contribution is 2.38. The molecular formula is C36H42N4O4. The van der Waals surface area contributed by atoms with E-state index in [1.807, 2.05) is 12.1 Å². The van der Waals surface area contributed by atoms with Crippen molar-refractivity contribution in [3.8, 4) is 0 Å². The van der Waals surface area contributed by atoms with Crippen LogP contribution in [0.5, 0.6) is 0 Å². The van der Waals surface area contributed by atoms with Crippen LogP contribution in [0.25, 0.3) is 44.4 Å². The van der Waals surface area contributed by atoms with Crippen LogP contribution in [0.2, 0.25) is 0 Å². The van der Waals surface area contributed by atoms with Gasteiger partial charge in [-0.15, -0.1) is 0 Å². The van der Waals surface area contributed by atoms with Crippen LogP contribution < -0.4 is 0 Å². The van der Waals surface area contributed by atoms with Crippen molar-refractivity contribution in [1.82, 2.24) is 19.9 Å². The quantitative estimate of drug-likeness (QED) is 0.257. The number of methoxy groups -OCH3 is 2. The van der Waals surface area contributed by atoms with Crippen molar-refractivity contribution in [2.45, 2.75) is 80.1 Å². The Labute approximate surface area is 258 Å². The molecule has 0 unspecified atom stereocenters. The molecule has 2 N–H and O–H groups in total. The maximum absolute atomic E-state index is 12.7. The summed E-state index contributed by atoms with van der Waals surface area (Å²) in [5.41, 5.74) is 16.0. The molecule has 0 amide bonds. The first-order valence-electron chi connectivity index (χ1n) is 15.4. The van der Waals surface area contributed by atoms with E-state index in [4.69, 9.17) is 19.4 Å².